The van der Waals surface area contributed by atoms with Crippen molar-refractivity contribution in [1.29, 1.82) is 0 Å². The van der Waals surface area contributed by atoms with E-state index in [-0.39, 0.29) is 0 Å². The molecule has 0 saturated heterocycles. The molecule has 1 aromatic heterocycles. The maximum absolute atomic E-state index is 4.89. The second kappa shape index (κ2) is 3.84. The van der Waals surface area contributed by atoms with Crippen molar-refractivity contribution in [2.45, 2.75) is 31.7 Å². The van der Waals surface area contributed by atoms with Crippen molar-refractivity contribution in [3.05, 3.63) is 40.9 Å². The molecule has 2 aliphatic rings. The van der Waals surface area contributed by atoms with Crippen molar-refractivity contribution in [3.8, 4) is 0 Å². The van der Waals surface area contributed by atoms with Crippen LogP contribution in [-0.2, 0) is 0 Å². The summed E-state index contributed by atoms with van der Waals surface area (Å²) < 4.78 is 0. The fourth-order valence-electron chi connectivity index (χ4n) is 3.17. The van der Waals surface area contributed by atoms with Crippen molar-refractivity contribution < 1.29 is 0 Å². The number of pyridine rings is 1. The lowest BCUT2D eigenvalue weighted by atomic mass is 9.88. The molecule has 0 bridgehead atoms. The van der Waals surface area contributed by atoms with Gasteiger partial charge in [-0.2, -0.15) is 0 Å². The highest BCUT2D eigenvalue weighted by Crippen LogP contribution is 2.24. The molecule has 1 saturated carbocycles. The third-order valence-electron chi connectivity index (χ3n) is 4.11. The molecule has 1 aromatic carbocycles. The molecule has 18 heavy (non-hydrogen) atoms. The van der Waals surface area contributed by atoms with E-state index in [2.05, 4.69) is 41.8 Å². The number of benzene rings is 1. The molecule has 1 fully saturated rings. The summed E-state index contributed by atoms with van der Waals surface area (Å²) in [5.74, 6) is 0. The van der Waals surface area contributed by atoms with Crippen LogP contribution in [-0.4, -0.2) is 11.0 Å². The first-order chi connectivity index (χ1) is 8.92. The number of para-hydroxylation sites is 1. The second-order valence-corrected chi connectivity index (χ2v) is 5.25. The van der Waals surface area contributed by atoms with Crippen LogP contribution < -0.4 is 15.9 Å². The van der Waals surface area contributed by atoms with Gasteiger partial charge in [0.25, 0.3) is 0 Å². The van der Waals surface area contributed by atoms with Crippen molar-refractivity contribution in [3.63, 3.8) is 0 Å². The molecule has 4 rings (SSSR count). The minimum Gasteiger partial charge on any atom is -0.384 e. The van der Waals surface area contributed by atoms with E-state index in [4.69, 9.17) is 4.98 Å². The largest absolute Gasteiger partial charge is 0.384 e. The summed E-state index contributed by atoms with van der Waals surface area (Å²) in [7, 11) is 0. The molecule has 2 heterocycles. The van der Waals surface area contributed by atoms with Crippen molar-refractivity contribution in [2.24, 2.45) is 0 Å². The molecule has 2 nitrogen and oxygen atoms in total. The van der Waals surface area contributed by atoms with Crippen molar-refractivity contribution in [1.82, 2.24) is 10.3 Å². The monoisotopic (exact) mass is 236 g/mol. The Hall–Kier alpha value is -1.83. The van der Waals surface area contributed by atoms with Crippen LogP contribution in [0.5, 0.6) is 0 Å². The van der Waals surface area contributed by atoms with E-state index in [9.17, 15) is 0 Å². The average molecular weight is 236 g/mol. The van der Waals surface area contributed by atoms with Gasteiger partial charge in [0.2, 0.25) is 0 Å². The van der Waals surface area contributed by atoms with E-state index in [0.717, 1.165) is 5.52 Å². The first-order valence-electron chi connectivity index (χ1n) is 6.77. The summed E-state index contributed by atoms with van der Waals surface area (Å²) in [6.45, 7) is 0. The number of hydrogen-bond acceptors (Lipinski definition) is 2. The molecular formula is C16H16N2. The predicted octanol–water partition coefficient (Wildman–Crippen LogP) is 1.67. The molecule has 0 amide bonds. The van der Waals surface area contributed by atoms with Gasteiger partial charge in [-0.25, -0.2) is 4.98 Å². The minimum atomic E-state index is 0.528. The van der Waals surface area contributed by atoms with Crippen LogP contribution >= 0.6 is 0 Å². The fourth-order valence-corrected chi connectivity index (χ4v) is 3.17. The number of rotatable bonds is 0. The van der Waals surface area contributed by atoms with E-state index in [1.54, 1.807) is 0 Å². The van der Waals surface area contributed by atoms with Gasteiger partial charge in [-0.1, -0.05) is 24.6 Å². The van der Waals surface area contributed by atoms with Gasteiger partial charge in [-0.15, -0.1) is 0 Å². The highest BCUT2D eigenvalue weighted by Gasteiger charge is 2.21. The number of aromatic nitrogens is 1. The van der Waals surface area contributed by atoms with E-state index in [1.807, 2.05) is 0 Å². The summed E-state index contributed by atoms with van der Waals surface area (Å²) in [5.41, 5.74) is 2.63. The van der Waals surface area contributed by atoms with Crippen LogP contribution in [0.25, 0.3) is 22.7 Å². The Labute approximate surface area is 106 Å². The van der Waals surface area contributed by atoms with Gasteiger partial charge in [0.15, 0.2) is 0 Å². The standard InChI is InChI=1S/C16H16N2/c1-3-7-14-11(5-1)9-12-10-17-15-8-4-2-6-13(15)16(12)18-14/h1,3,5,7,9-10,15,17H,2,4,6,8H2. The zero-order valence-electron chi connectivity index (χ0n) is 10.3. The van der Waals surface area contributed by atoms with Crippen LogP contribution in [0.4, 0.5) is 0 Å². The fraction of sp³-hybridized carbons (Fsp3) is 0.312. The molecular weight excluding hydrogens is 220 g/mol. The van der Waals surface area contributed by atoms with Crippen LogP contribution in [0.1, 0.15) is 25.7 Å². The molecule has 2 heteroatoms. The van der Waals surface area contributed by atoms with Gasteiger partial charge in [-0.3, -0.25) is 0 Å². The number of fused-ring (bicyclic) bond motifs is 3. The van der Waals surface area contributed by atoms with Crippen molar-refractivity contribution >= 4 is 22.7 Å². The molecule has 1 aliphatic heterocycles. The highest BCUT2D eigenvalue weighted by molar-refractivity contribution is 5.79. The van der Waals surface area contributed by atoms with Crippen LogP contribution in [0, 0.1) is 0 Å². The molecule has 1 aliphatic carbocycles. The lowest BCUT2D eigenvalue weighted by Crippen LogP contribution is -2.45. The summed E-state index contributed by atoms with van der Waals surface area (Å²) in [6, 6.07) is 11.2. The van der Waals surface area contributed by atoms with Gasteiger partial charge < -0.3 is 5.32 Å². The topological polar surface area (TPSA) is 24.9 Å². The predicted molar refractivity (Wildman–Crippen MR) is 74.3 cm³/mol. The highest BCUT2D eigenvalue weighted by atomic mass is 14.9. The third kappa shape index (κ3) is 1.45. The Morgan fingerprint density at radius 3 is 3.11 bits per heavy atom. The lowest BCUT2D eigenvalue weighted by Gasteiger charge is -2.28. The minimum absolute atomic E-state index is 0.528. The molecule has 1 unspecified atom stereocenters. The van der Waals surface area contributed by atoms with Gasteiger partial charge in [0.1, 0.15) is 0 Å². The molecule has 90 valence electrons. The summed E-state index contributed by atoms with van der Waals surface area (Å²) in [6.07, 6.45) is 7.23. The molecule has 1 N–H and O–H groups in total. The Morgan fingerprint density at radius 2 is 2.11 bits per heavy atom. The summed E-state index contributed by atoms with van der Waals surface area (Å²) in [4.78, 5) is 4.89. The van der Waals surface area contributed by atoms with Gasteiger partial charge in [-0.05, 0) is 37.0 Å². The first-order valence-corrected chi connectivity index (χ1v) is 6.77. The quantitative estimate of drug-likeness (QED) is 0.752. The number of nitrogens with one attached hydrogen (secondary N) is 1. The van der Waals surface area contributed by atoms with Crippen LogP contribution in [0.2, 0.25) is 0 Å². The van der Waals surface area contributed by atoms with E-state index >= 15 is 0 Å². The van der Waals surface area contributed by atoms with Gasteiger partial charge >= 0.3 is 0 Å². The number of nitrogens with zero attached hydrogens (tertiary/aromatic N) is 1. The lowest BCUT2D eigenvalue weighted by molar-refractivity contribution is 0.543. The molecule has 0 radical (unpaired) electrons. The molecule has 0 spiro atoms. The third-order valence-corrected chi connectivity index (χ3v) is 4.11. The maximum Gasteiger partial charge on any atom is 0.0736 e. The Kier molecular flexibility index (Phi) is 2.16. The summed E-state index contributed by atoms with van der Waals surface area (Å²) in [5, 5.41) is 7.25. The van der Waals surface area contributed by atoms with Crippen LogP contribution in [0.3, 0.4) is 0 Å². The Morgan fingerprint density at radius 1 is 1.17 bits per heavy atom. The van der Waals surface area contributed by atoms with Crippen LogP contribution in [0.15, 0.2) is 30.3 Å². The van der Waals surface area contributed by atoms with E-state index in [0.29, 0.717) is 6.04 Å². The van der Waals surface area contributed by atoms with Gasteiger partial charge in [0, 0.05) is 22.8 Å². The number of hydrogen-bond donors (Lipinski definition) is 1. The zero-order chi connectivity index (χ0) is 11.9. The van der Waals surface area contributed by atoms with Crippen molar-refractivity contribution in [2.75, 3.05) is 0 Å². The maximum atomic E-state index is 4.89. The zero-order valence-corrected chi connectivity index (χ0v) is 10.3. The summed E-state index contributed by atoms with van der Waals surface area (Å²) >= 11 is 0. The Balaban J connectivity index is 2.09. The first kappa shape index (κ1) is 10.1. The normalized spacial score (nSPS) is 21.8. The SMILES string of the molecule is C1=c2cc3ccccc3nc2=C2CCCCC2N1. The molecule has 1 atom stereocenters. The van der Waals surface area contributed by atoms with E-state index < -0.39 is 0 Å². The Bertz CT molecular complexity index is 730. The molecule has 2 aromatic rings. The smallest absolute Gasteiger partial charge is 0.0736 e. The van der Waals surface area contributed by atoms with Gasteiger partial charge in [0.05, 0.1) is 10.9 Å². The van der Waals surface area contributed by atoms with E-state index in [1.165, 1.54) is 47.2 Å². The average Bonchev–Trinajstić information content (AvgIpc) is 2.45. The second-order valence-electron chi connectivity index (χ2n) is 5.25.